The zero-order valence-electron chi connectivity index (χ0n) is 8.78. The zero-order chi connectivity index (χ0) is 13.0. The number of amides is 1. The Bertz CT molecular complexity index is 403. The quantitative estimate of drug-likeness (QED) is 0.609. The lowest BCUT2D eigenvalue weighted by Gasteiger charge is -2.10. The maximum atomic E-state index is 11.6. The van der Waals surface area contributed by atoms with Crippen LogP contribution in [0.3, 0.4) is 0 Å². The molecular formula is C10H12Cl2N2O3. The highest BCUT2D eigenvalue weighted by Gasteiger charge is 2.12. The van der Waals surface area contributed by atoms with Gasteiger partial charge in [0.15, 0.2) is 0 Å². The highest BCUT2D eigenvalue weighted by atomic mass is 35.5. The molecule has 1 unspecified atom stereocenters. The second kappa shape index (κ2) is 6.07. The van der Waals surface area contributed by atoms with Gasteiger partial charge in [-0.15, -0.1) is 0 Å². The fraction of sp³-hybridized carbons (Fsp3) is 0.300. The molecule has 0 aliphatic rings. The van der Waals surface area contributed by atoms with Crippen LogP contribution in [-0.4, -0.2) is 35.4 Å². The van der Waals surface area contributed by atoms with Crippen LogP contribution < -0.4 is 11.1 Å². The second-order valence-corrected chi connectivity index (χ2v) is 4.21. The van der Waals surface area contributed by atoms with E-state index in [1.807, 2.05) is 0 Å². The largest absolute Gasteiger partial charge is 0.396 e. The maximum absolute atomic E-state index is 11.6. The summed E-state index contributed by atoms with van der Waals surface area (Å²) in [4.78, 5) is 11.6. The minimum Gasteiger partial charge on any atom is -0.396 e. The fourth-order valence-electron chi connectivity index (χ4n) is 1.09. The van der Waals surface area contributed by atoms with Crippen molar-refractivity contribution in [2.45, 2.75) is 6.10 Å². The van der Waals surface area contributed by atoms with Crippen LogP contribution in [0.1, 0.15) is 10.4 Å². The summed E-state index contributed by atoms with van der Waals surface area (Å²) in [7, 11) is 0. The number of halogens is 2. The van der Waals surface area contributed by atoms with E-state index < -0.39 is 18.6 Å². The molecule has 7 heteroatoms. The molecule has 0 bridgehead atoms. The molecule has 0 aliphatic carbocycles. The number of anilines is 1. The summed E-state index contributed by atoms with van der Waals surface area (Å²) < 4.78 is 0. The molecule has 5 N–H and O–H groups in total. The number of hydrogen-bond acceptors (Lipinski definition) is 4. The molecule has 94 valence electrons. The number of rotatable bonds is 4. The number of nitrogen functional groups attached to an aromatic ring is 1. The van der Waals surface area contributed by atoms with Crippen molar-refractivity contribution in [3.63, 3.8) is 0 Å². The van der Waals surface area contributed by atoms with Crippen LogP contribution in [0, 0.1) is 0 Å². The Morgan fingerprint density at radius 1 is 1.41 bits per heavy atom. The molecule has 0 aromatic heterocycles. The molecular weight excluding hydrogens is 267 g/mol. The predicted octanol–water partition coefficient (Wildman–Crippen LogP) is 0.659. The first kappa shape index (κ1) is 14.1. The van der Waals surface area contributed by atoms with Gasteiger partial charge in [0.25, 0.3) is 5.91 Å². The topological polar surface area (TPSA) is 95.6 Å². The van der Waals surface area contributed by atoms with Gasteiger partial charge in [0, 0.05) is 12.1 Å². The smallest absolute Gasteiger partial charge is 0.251 e. The number of carbonyl (C=O) groups is 1. The number of carbonyl (C=O) groups excluding carboxylic acids is 1. The molecule has 17 heavy (non-hydrogen) atoms. The van der Waals surface area contributed by atoms with Crippen LogP contribution in [0.25, 0.3) is 0 Å². The Morgan fingerprint density at radius 3 is 2.41 bits per heavy atom. The Hall–Kier alpha value is -1.01. The van der Waals surface area contributed by atoms with Crippen LogP contribution in [0.2, 0.25) is 10.0 Å². The van der Waals surface area contributed by atoms with Crippen LogP contribution >= 0.6 is 23.2 Å². The second-order valence-electron chi connectivity index (χ2n) is 3.40. The highest BCUT2D eigenvalue weighted by molar-refractivity contribution is 6.39. The third-order valence-corrected chi connectivity index (χ3v) is 2.68. The molecule has 0 fully saturated rings. The van der Waals surface area contributed by atoms with Gasteiger partial charge in [-0.05, 0) is 12.1 Å². The number of nitrogens with two attached hydrogens (primary N) is 1. The fourth-order valence-corrected chi connectivity index (χ4v) is 1.58. The molecule has 5 nitrogen and oxygen atoms in total. The average Bonchev–Trinajstić information content (AvgIpc) is 2.31. The lowest BCUT2D eigenvalue weighted by atomic mass is 10.2. The molecule has 0 radical (unpaired) electrons. The maximum Gasteiger partial charge on any atom is 0.251 e. The lowest BCUT2D eigenvalue weighted by Crippen LogP contribution is -2.33. The van der Waals surface area contributed by atoms with E-state index in [0.717, 1.165) is 0 Å². The summed E-state index contributed by atoms with van der Waals surface area (Å²) in [5.74, 6) is -0.457. The first-order valence-corrected chi connectivity index (χ1v) is 5.53. The first-order valence-electron chi connectivity index (χ1n) is 4.77. The van der Waals surface area contributed by atoms with E-state index in [1.54, 1.807) is 0 Å². The molecule has 1 atom stereocenters. The lowest BCUT2D eigenvalue weighted by molar-refractivity contribution is 0.0802. The van der Waals surface area contributed by atoms with Crippen molar-refractivity contribution in [3.05, 3.63) is 27.7 Å². The van der Waals surface area contributed by atoms with Gasteiger partial charge in [-0.2, -0.15) is 0 Å². The predicted molar refractivity (Wildman–Crippen MR) is 66.3 cm³/mol. The molecule has 1 aromatic rings. The van der Waals surface area contributed by atoms with Gasteiger partial charge in [-0.3, -0.25) is 4.79 Å². The van der Waals surface area contributed by atoms with E-state index in [0.29, 0.717) is 0 Å². The molecule has 0 aliphatic heterocycles. The minimum absolute atomic E-state index is 0.0606. The molecule has 1 aromatic carbocycles. The highest BCUT2D eigenvalue weighted by Crippen LogP contribution is 2.28. The SMILES string of the molecule is Nc1c(Cl)cc(C(=O)NCC(O)CO)cc1Cl. The molecule has 0 saturated heterocycles. The summed E-state index contributed by atoms with van der Waals surface area (Å²) in [6, 6.07) is 2.76. The van der Waals surface area contributed by atoms with E-state index in [1.165, 1.54) is 12.1 Å². The standard InChI is InChI=1S/C10H12Cl2N2O3/c11-7-1-5(2-8(12)9(7)13)10(17)14-3-6(16)4-15/h1-2,6,15-16H,3-4,13H2,(H,14,17). The van der Waals surface area contributed by atoms with Gasteiger partial charge in [-0.25, -0.2) is 0 Å². The van der Waals surface area contributed by atoms with Crippen molar-refractivity contribution in [1.82, 2.24) is 5.32 Å². The molecule has 1 amide bonds. The van der Waals surface area contributed by atoms with Crippen LogP contribution in [-0.2, 0) is 0 Å². The van der Waals surface area contributed by atoms with Gasteiger partial charge in [0.1, 0.15) is 0 Å². The van der Waals surface area contributed by atoms with Gasteiger partial charge in [0.05, 0.1) is 28.4 Å². The van der Waals surface area contributed by atoms with E-state index in [9.17, 15) is 4.79 Å². The molecule has 1 rings (SSSR count). The molecule has 0 saturated carbocycles. The average molecular weight is 279 g/mol. The minimum atomic E-state index is -1.00. The number of aliphatic hydroxyl groups is 2. The summed E-state index contributed by atoms with van der Waals surface area (Å²) in [5, 5.41) is 20.4. The molecule has 0 heterocycles. The monoisotopic (exact) mass is 278 g/mol. The van der Waals surface area contributed by atoms with Crippen molar-refractivity contribution >= 4 is 34.8 Å². The summed E-state index contributed by atoms with van der Waals surface area (Å²) in [5.41, 5.74) is 5.97. The zero-order valence-corrected chi connectivity index (χ0v) is 10.3. The summed E-state index contributed by atoms with van der Waals surface area (Å²) in [6.07, 6.45) is -1.00. The Balaban J connectivity index is 2.76. The van der Waals surface area contributed by atoms with Crippen LogP contribution in [0.5, 0.6) is 0 Å². The van der Waals surface area contributed by atoms with Crippen LogP contribution in [0.15, 0.2) is 12.1 Å². The number of benzene rings is 1. The summed E-state index contributed by atoms with van der Waals surface area (Å²) >= 11 is 11.5. The van der Waals surface area contributed by atoms with Crippen molar-refractivity contribution < 1.29 is 15.0 Å². The Labute approximate surface area is 108 Å². The van der Waals surface area contributed by atoms with E-state index in [-0.39, 0.29) is 27.8 Å². The Kier molecular flexibility index (Phi) is 5.02. The number of aliphatic hydroxyl groups excluding tert-OH is 2. The van der Waals surface area contributed by atoms with E-state index in [2.05, 4.69) is 5.32 Å². The third-order valence-electron chi connectivity index (χ3n) is 2.05. The van der Waals surface area contributed by atoms with E-state index in [4.69, 9.17) is 39.1 Å². The number of nitrogens with one attached hydrogen (secondary N) is 1. The molecule has 0 spiro atoms. The first-order chi connectivity index (χ1) is 7.95. The van der Waals surface area contributed by atoms with Crippen molar-refractivity contribution in [2.24, 2.45) is 0 Å². The Morgan fingerprint density at radius 2 is 1.94 bits per heavy atom. The summed E-state index contributed by atoms with van der Waals surface area (Å²) in [6.45, 7) is -0.488. The van der Waals surface area contributed by atoms with Gasteiger partial charge >= 0.3 is 0 Å². The van der Waals surface area contributed by atoms with E-state index >= 15 is 0 Å². The van der Waals surface area contributed by atoms with Crippen molar-refractivity contribution in [3.8, 4) is 0 Å². The third kappa shape index (κ3) is 3.74. The van der Waals surface area contributed by atoms with Gasteiger partial charge in [0.2, 0.25) is 0 Å². The van der Waals surface area contributed by atoms with Gasteiger partial charge < -0.3 is 21.3 Å². The van der Waals surface area contributed by atoms with Gasteiger partial charge in [-0.1, -0.05) is 23.2 Å². The normalized spacial score (nSPS) is 12.2. The van der Waals surface area contributed by atoms with Crippen molar-refractivity contribution in [1.29, 1.82) is 0 Å². The number of hydrogen-bond donors (Lipinski definition) is 4. The van der Waals surface area contributed by atoms with Crippen molar-refractivity contribution in [2.75, 3.05) is 18.9 Å². The van der Waals surface area contributed by atoms with Crippen LogP contribution in [0.4, 0.5) is 5.69 Å².